The van der Waals surface area contributed by atoms with E-state index in [2.05, 4.69) is 28.5 Å². The molecule has 2 unspecified atom stereocenters. The fourth-order valence-corrected chi connectivity index (χ4v) is 3.65. The van der Waals surface area contributed by atoms with Crippen LogP contribution in [0.4, 0.5) is 0 Å². The molecular formula is C17H19N3O. The number of pyridine rings is 1. The second kappa shape index (κ2) is 5.11. The standard InChI is InChI=1S/C17H19N3O/c21-17-14-7-3-8-18-15(14)11-20(17)10-13-5-1-4-12-6-2-9-19-16(12)13/h1-2,4-6,9,14-15,18H,3,7-8,10-11H2. The number of rotatable bonds is 2. The summed E-state index contributed by atoms with van der Waals surface area (Å²) in [7, 11) is 0. The van der Waals surface area contributed by atoms with Crippen molar-refractivity contribution >= 4 is 16.8 Å². The summed E-state index contributed by atoms with van der Waals surface area (Å²) in [6.07, 6.45) is 3.95. The van der Waals surface area contributed by atoms with E-state index in [4.69, 9.17) is 0 Å². The number of para-hydroxylation sites is 1. The number of carbonyl (C=O) groups is 1. The Hall–Kier alpha value is -1.94. The number of benzene rings is 1. The summed E-state index contributed by atoms with van der Waals surface area (Å²) < 4.78 is 0. The summed E-state index contributed by atoms with van der Waals surface area (Å²) in [5.74, 6) is 0.488. The smallest absolute Gasteiger partial charge is 0.227 e. The number of piperidine rings is 1. The molecule has 0 bridgehead atoms. The highest BCUT2D eigenvalue weighted by Crippen LogP contribution is 2.28. The van der Waals surface area contributed by atoms with Crippen molar-refractivity contribution in [3.8, 4) is 0 Å². The number of hydrogen-bond acceptors (Lipinski definition) is 3. The molecule has 1 aromatic heterocycles. The number of nitrogens with zero attached hydrogens (tertiary/aromatic N) is 2. The number of nitrogens with one attached hydrogen (secondary N) is 1. The van der Waals surface area contributed by atoms with Gasteiger partial charge in [0.2, 0.25) is 5.91 Å². The zero-order chi connectivity index (χ0) is 14.2. The van der Waals surface area contributed by atoms with Gasteiger partial charge < -0.3 is 10.2 Å². The Kier molecular flexibility index (Phi) is 3.11. The highest BCUT2D eigenvalue weighted by molar-refractivity contribution is 5.84. The van der Waals surface area contributed by atoms with Crippen LogP contribution in [0.15, 0.2) is 36.5 Å². The van der Waals surface area contributed by atoms with Crippen LogP contribution in [-0.4, -0.2) is 34.9 Å². The highest BCUT2D eigenvalue weighted by atomic mass is 16.2. The molecular weight excluding hydrogens is 262 g/mol. The number of aromatic nitrogens is 1. The Morgan fingerprint density at radius 3 is 3.10 bits per heavy atom. The molecule has 4 rings (SSSR count). The van der Waals surface area contributed by atoms with E-state index in [1.54, 1.807) is 0 Å². The van der Waals surface area contributed by atoms with Crippen LogP contribution < -0.4 is 5.32 Å². The molecule has 2 aromatic rings. The van der Waals surface area contributed by atoms with E-state index < -0.39 is 0 Å². The summed E-state index contributed by atoms with van der Waals surface area (Å²) in [5.41, 5.74) is 2.15. The third-order valence-electron chi connectivity index (χ3n) is 4.71. The summed E-state index contributed by atoms with van der Waals surface area (Å²) >= 11 is 0. The van der Waals surface area contributed by atoms with E-state index in [1.165, 1.54) is 0 Å². The van der Waals surface area contributed by atoms with Gasteiger partial charge in [-0.2, -0.15) is 0 Å². The van der Waals surface area contributed by atoms with Crippen LogP contribution in [0.5, 0.6) is 0 Å². The largest absolute Gasteiger partial charge is 0.336 e. The van der Waals surface area contributed by atoms with E-state index in [0.717, 1.165) is 42.4 Å². The van der Waals surface area contributed by atoms with Gasteiger partial charge in [0, 0.05) is 30.7 Å². The van der Waals surface area contributed by atoms with E-state index >= 15 is 0 Å². The summed E-state index contributed by atoms with van der Waals surface area (Å²) in [6.45, 7) is 2.53. The van der Waals surface area contributed by atoms with Crippen molar-refractivity contribution in [2.45, 2.75) is 25.4 Å². The minimum Gasteiger partial charge on any atom is -0.336 e. The molecule has 4 heteroatoms. The Bertz CT molecular complexity index is 679. The first-order chi connectivity index (χ1) is 10.3. The van der Waals surface area contributed by atoms with Crippen LogP contribution in [0.3, 0.4) is 0 Å². The van der Waals surface area contributed by atoms with Gasteiger partial charge in [-0.05, 0) is 31.0 Å². The average Bonchev–Trinajstić information content (AvgIpc) is 2.85. The second-order valence-electron chi connectivity index (χ2n) is 6.02. The molecule has 2 fully saturated rings. The molecule has 2 aliphatic heterocycles. The average molecular weight is 281 g/mol. The fraction of sp³-hybridized carbons (Fsp3) is 0.412. The first-order valence-electron chi connectivity index (χ1n) is 7.68. The van der Waals surface area contributed by atoms with Crippen molar-refractivity contribution in [1.29, 1.82) is 0 Å². The van der Waals surface area contributed by atoms with Gasteiger partial charge in [0.05, 0.1) is 11.4 Å². The number of carbonyl (C=O) groups excluding carboxylic acids is 1. The first-order valence-corrected chi connectivity index (χ1v) is 7.68. The van der Waals surface area contributed by atoms with Gasteiger partial charge in [-0.1, -0.05) is 24.3 Å². The van der Waals surface area contributed by atoms with Crippen LogP contribution in [0.1, 0.15) is 18.4 Å². The molecule has 108 valence electrons. The molecule has 1 amide bonds. The van der Waals surface area contributed by atoms with E-state index in [1.807, 2.05) is 23.2 Å². The van der Waals surface area contributed by atoms with Gasteiger partial charge in [-0.3, -0.25) is 9.78 Å². The molecule has 4 nitrogen and oxygen atoms in total. The maximum atomic E-state index is 12.5. The quantitative estimate of drug-likeness (QED) is 0.915. The lowest BCUT2D eigenvalue weighted by molar-refractivity contribution is -0.131. The molecule has 1 aromatic carbocycles. The molecule has 0 saturated carbocycles. The second-order valence-corrected chi connectivity index (χ2v) is 6.02. The van der Waals surface area contributed by atoms with Crippen molar-refractivity contribution < 1.29 is 4.79 Å². The Labute approximate surface area is 124 Å². The number of fused-ring (bicyclic) bond motifs is 2. The summed E-state index contributed by atoms with van der Waals surface area (Å²) in [4.78, 5) is 19.0. The van der Waals surface area contributed by atoms with Gasteiger partial charge in [0.15, 0.2) is 0 Å². The predicted molar refractivity (Wildman–Crippen MR) is 81.7 cm³/mol. The van der Waals surface area contributed by atoms with Gasteiger partial charge in [0.1, 0.15) is 0 Å². The van der Waals surface area contributed by atoms with Crippen LogP contribution in [0.25, 0.3) is 10.9 Å². The van der Waals surface area contributed by atoms with Gasteiger partial charge in [-0.15, -0.1) is 0 Å². The van der Waals surface area contributed by atoms with E-state index in [0.29, 0.717) is 18.5 Å². The molecule has 1 N–H and O–H groups in total. The lowest BCUT2D eigenvalue weighted by Gasteiger charge is -2.23. The zero-order valence-corrected chi connectivity index (χ0v) is 12.0. The van der Waals surface area contributed by atoms with Crippen LogP contribution in [0, 0.1) is 5.92 Å². The SMILES string of the molecule is O=C1C2CCCNC2CN1Cc1cccc2cccnc12. The molecule has 3 heterocycles. The number of hydrogen-bond donors (Lipinski definition) is 1. The molecule has 0 radical (unpaired) electrons. The molecule has 0 spiro atoms. The minimum atomic E-state index is 0.182. The topological polar surface area (TPSA) is 45.2 Å². The number of likely N-dealkylation sites (tertiary alicyclic amines) is 1. The van der Waals surface area contributed by atoms with Crippen LogP contribution in [-0.2, 0) is 11.3 Å². The fourth-order valence-electron chi connectivity index (χ4n) is 3.65. The molecule has 2 aliphatic rings. The van der Waals surface area contributed by atoms with Crippen LogP contribution in [0.2, 0.25) is 0 Å². The van der Waals surface area contributed by atoms with Gasteiger partial charge in [-0.25, -0.2) is 0 Å². The van der Waals surface area contributed by atoms with Crippen LogP contribution >= 0.6 is 0 Å². The maximum Gasteiger partial charge on any atom is 0.227 e. The van der Waals surface area contributed by atoms with Crippen molar-refractivity contribution in [2.24, 2.45) is 5.92 Å². The van der Waals surface area contributed by atoms with Gasteiger partial charge in [0.25, 0.3) is 0 Å². The Morgan fingerprint density at radius 2 is 2.19 bits per heavy atom. The summed E-state index contributed by atoms with van der Waals surface area (Å²) in [6, 6.07) is 10.6. The lowest BCUT2D eigenvalue weighted by Crippen LogP contribution is -2.41. The lowest BCUT2D eigenvalue weighted by atomic mass is 9.94. The Morgan fingerprint density at radius 1 is 1.29 bits per heavy atom. The molecule has 21 heavy (non-hydrogen) atoms. The van der Waals surface area contributed by atoms with E-state index in [-0.39, 0.29) is 5.92 Å². The maximum absolute atomic E-state index is 12.5. The number of amides is 1. The first kappa shape index (κ1) is 12.8. The third-order valence-corrected chi connectivity index (χ3v) is 4.71. The normalized spacial score (nSPS) is 25.3. The van der Waals surface area contributed by atoms with Crippen molar-refractivity contribution in [3.05, 3.63) is 42.1 Å². The monoisotopic (exact) mass is 281 g/mol. The summed E-state index contributed by atoms with van der Waals surface area (Å²) in [5, 5.41) is 4.62. The Balaban J connectivity index is 1.62. The highest BCUT2D eigenvalue weighted by Gasteiger charge is 2.41. The van der Waals surface area contributed by atoms with E-state index in [9.17, 15) is 4.79 Å². The molecule has 0 aliphatic carbocycles. The van der Waals surface area contributed by atoms with Crippen molar-refractivity contribution in [2.75, 3.05) is 13.1 Å². The molecule has 2 atom stereocenters. The van der Waals surface area contributed by atoms with Crippen molar-refractivity contribution in [1.82, 2.24) is 15.2 Å². The van der Waals surface area contributed by atoms with Crippen molar-refractivity contribution in [3.63, 3.8) is 0 Å². The van der Waals surface area contributed by atoms with Gasteiger partial charge >= 0.3 is 0 Å². The predicted octanol–water partition coefficient (Wildman–Crippen LogP) is 1.95. The third kappa shape index (κ3) is 2.20. The minimum absolute atomic E-state index is 0.182. The molecule has 2 saturated heterocycles. The zero-order valence-electron chi connectivity index (χ0n) is 12.0.